The van der Waals surface area contributed by atoms with Gasteiger partial charge in [0.2, 0.25) is 0 Å². The van der Waals surface area contributed by atoms with Crippen molar-refractivity contribution >= 4 is 29.1 Å². The number of hydrogen-bond acceptors (Lipinski definition) is 6. The molecule has 9 heteroatoms. The van der Waals surface area contributed by atoms with Gasteiger partial charge in [0.25, 0.3) is 5.56 Å². The molecule has 2 aromatic carbocycles. The number of aromatic nitrogens is 1. The summed E-state index contributed by atoms with van der Waals surface area (Å²) < 4.78 is 12.6. The first-order valence-electron chi connectivity index (χ1n) is 13.6. The molecule has 3 aromatic rings. The number of hydrogen-bond donors (Lipinski definition) is 1. The number of benzene rings is 2. The van der Waals surface area contributed by atoms with E-state index in [0.717, 1.165) is 25.7 Å². The SMILES string of the molecule is COc1cn(C(CC2CCC(OC)CC2)C(=O)Cc2ccc(C(=O)O)cc2)c(=O)cc1-c1cc(Cl)ccc1C(C)=O. The van der Waals surface area contributed by atoms with E-state index in [-0.39, 0.29) is 35.6 Å². The van der Waals surface area contributed by atoms with E-state index < -0.39 is 17.6 Å². The van der Waals surface area contributed by atoms with Crippen molar-refractivity contribution in [3.8, 4) is 16.9 Å². The van der Waals surface area contributed by atoms with Crippen molar-refractivity contribution in [3.63, 3.8) is 0 Å². The summed E-state index contributed by atoms with van der Waals surface area (Å²) in [6.45, 7) is 1.44. The first-order valence-corrected chi connectivity index (χ1v) is 14.0. The van der Waals surface area contributed by atoms with Crippen molar-refractivity contribution in [1.29, 1.82) is 0 Å². The van der Waals surface area contributed by atoms with Crippen LogP contribution in [0.3, 0.4) is 0 Å². The van der Waals surface area contributed by atoms with E-state index in [1.54, 1.807) is 43.6 Å². The number of ether oxygens (including phenoxy) is 2. The molecule has 41 heavy (non-hydrogen) atoms. The van der Waals surface area contributed by atoms with Gasteiger partial charge in [-0.1, -0.05) is 23.7 Å². The number of carboxylic acids is 1. The number of pyridine rings is 1. The Balaban J connectivity index is 1.73. The quantitative estimate of drug-likeness (QED) is 0.276. The van der Waals surface area contributed by atoms with Crippen LogP contribution in [0.2, 0.25) is 5.02 Å². The Kier molecular flexibility index (Phi) is 9.78. The van der Waals surface area contributed by atoms with Crippen molar-refractivity contribution < 1.29 is 29.0 Å². The summed E-state index contributed by atoms with van der Waals surface area (Å²) in [6.07, 6.45) is 5.78. The highest BCUT2D eigenvalue weighted by Gasteiger charge is 2.30. The highest BCUT2D eigenvalue weighted by molar-refractivity contribution is 6.31. The van der Waals surface area contributed by atoms with Crippen molar-refractivity contribution in [2.24, 2.45) is 5.92 Å². The van der Waals surface area contributed by atoms with E-state index in [4.69, 9.17) is 21.1 Å². The zero-order valence-corrected chi connectivity index (χ0v) is 24.1. The second-order valence-corrected chi connectivity index (χ2v) is 11.0. The fourth-order valence-electron chi connectivity index (χ4n) is 5.59. The van der Waals surface area contributed by atoms with E-state index in [2.05, 4.69) is 0 Å². The summed E-state index contributed by atoms with van der Waals surface area (Å²) in [5.74, 6) is -0.832. The van der Waals surface area contributed by atoms with Gasteiger partial charge in [-0.2, -0.15) is 0 Å². The number of aromatic carboxylic acids is 1. The predicted octanol–water partition coefficient (Wildman–Crippen LogP) is 6.03. The van der Waals surface area contributed by atoms with Crippen LogP contribution in [0.1, 0.15) is 71.3 Å². The molecule has 1 N–H and O–H groups in total. The van der Waals surface area contributed by atoms with Crippen molar-refractivity contribution in [3.05, 3.63) is 86.8 Å². The van der Waals surface area contributed by atoms with Crippen LogP contribution in [-0.2, 0) is 16.0 Å². The highest BCUT2D eigenvalue weighted by Crippen LogP contribution is 2.36. The summed E-state index contributed by atoms with van der Waals surface area (Å²) >= 11 is 6.24. The van der Waals surface area contributed by atoms with Gasteiger partial charge in [0.15, 0.2) is 11.6 Å². The van der Waals surface area contributed by atoms with Gasteiger partial charge in [-0.25, -0.2) is 4.79 Å². The molecule has 0 spiro atoms. The Labute approximate surface area is 243 Å². The molecule has 216 valence electrons. The smallest absolute Gasteiger partial charge is 0.335 e. The zero-order chi connectivity index (χ0) is 29.7. The molecule has 0 saturated heterocycles. The Morgan fingerprint density at radius 1 is 1.00 bits per heavy atom. The highest BCUT2D eigenvalue weighted by atomic mass is 35.5. The summed E-state index contributed by atoms with van der Waals surface area (Å²) in [7, 11) is 3.18. The summed E-state index contributed by atoms with van der Waals surface area (Å²) in [5.41, 5.74) is 1.69. The minimum Gasteiger partial charge on any atom is -0.495 e. The van der Waals surface area contributed by atoms with Gasteiger partial charge in [0, 0.05) is 35.7 Å². The third-order valence-corrected chi connectivity index (χ3v) is 8.12. The van der Waals surface area contributed by atoms with Crippen molar-refractivity contribution in [2.45, 2.75) is 57.6 Å². The minimum absolute atomic E-state index is 0.0390. The Hall–Kier alpha value is -3.75. The first-order chi connectivity index (χ1) is 19.6. The second-order valence-electron chi connectivity index (χ2n) is 10.5. The third kappa shape index (κ3) is 7.13. The van der Waals surface area contributed by atoms with Gasteiger partial charge < -0.3 is 19.1 Å². The molecular weight excluding hydrogens is 546 g/mol. The lowest BCUT2D eigenvalue weighted by Crippen LogP contribution is -2.33. The number of rotatable bonds is 11. The summed E-state index contributed by atoms with van der Waals surface area (Å²) in [5, 5.41) is 9.62. The largest absolute Gasteiger partial charge is 0.495 e. The lowest BCUT2D eigenvalue weighted by Gasteiger charge is -2.31. The number of carbonyl (C=O) groups is 3. The van der Waals surface area contributed by atoms with E-state index in [9.17, 15) is 24.3 Å². The molecule has 1 aromatic heterocycles. The Morgan fingerprint density at radius 2 is 1.68 bits per heavy atom. The lowest BCUT2D eigenvalue weighted by atomic mass is 9.82. The number of nitrogens with zero attached hydrogens (tertiary/aromatic N) is 1. The zero-order valence-electron chi connectivity index (χ0n) is 23.4. The van der Waals surface area contributed by atoms with Gasteiger partial charge in [-0.3, -0.25) is 14.4 Å². The van der Waals surface area contributed by atoms with Crippen molar-refractivity contribution in [2.75, 3.05) is 14.2 Å². The molecule has 0 amide bonds. The molecule has 8 nitrogen and oxygen atoms in total. The molecule has 1 heterocycles. The van der Waals surface area contributed by atoms with Gasteiger partial charge in [-0.05, 0) is 86.4 Å². The third-order valence-electron chi connectivity index (χ3n) is 7.89. The monoisotopic (exact) mass is 579 g/mol. The van der Waals surface area contributed by atoms with Gasteiger partial charge in [0.05, 0.1) is 31.0 Å². The summed E-state index contributed by atoms with van der Waals surface area (Å²) in [4.78, 5) is 51.1. The number of ketones is 2. The molecule has 4 rings (SSSR count). The fourth-order valence-corrected chi connectivity index (χ4v) is 5.77. The molecule has 1 aliphatic carbocycles. The maximum absolute atomic E-state index is 13.8. The number of methoxy groups -OCH3 is 2. The van der Waals surface area contributed by atoms with Gasteiger partial charge in [-0.15, -0.1) is 0 Å². The molecule has 0 aliphatic heterocycles. The van der Waals surface area contributed by atoms with Crippen LogP contribution in [-0.4, -0.2) is 47.5 Å². The maximum atomic E-state index is 13.8. The predicted molar refractivity (Wildman–Crippen MR) is 156 cm³/mol. The molecule has 0 radical (unpaired) electrons. The van der Waals surface area contributed by atoms with E-state index >= 15 is 0 Å². The molecular formula is C32H34ClNO7. The van der Waals surface area contributed by atoms with Crippen LogP contribution >= 0.6 is 11.6 Å². The normalized spacial score (nSPS) is 17.6. The maximum Gasteiger partial charge on any atom is 0.335 e. The van der Waals surface area contributed by atoms with Crippen LogP contribution in [0.5, 0.6) is 5.75 Å². The topological polar surface area (TPSA) is 112 Å². The fraction of sp³-hybridized carbons (Fsp3) is 0.375. The Bertz CT molecular complexity index is 1490. The number of carbonyl (C=O) groups excluding carboxylic acids is 2. The molecule has 0 bridgehead atoms. The molecule has 1 saturated carbocycles. The van der Waals surface area contributed by atoms with Crippen LogP contribution < -0.4 is 10.3 Å². The molecule has 1 fully saturated rings. The lowest BCUT2D eigenvalue weighted by molar-refractivity contribution is -0.122. The van der Waals surface area contributed by atoms with Crippen LogP contribution in [0.25, 0.3) is 11.1 Å². The van der Waals surface area contributed by atoms with E-state index in [1.807, 2.05) is 0 Å². The molecule has 1 unspecified atom stereocenters. The average molecular weight is 580 g/mol. The van der Waals surface area contributed by atoms with Crippen LogP contribution in [0.15, 0.2) is 59.5 Å². The van der Waals surface area contributed by atoms with Gasteiger partial charge >= 0.3 is 5.97 Å². The number of halogens is 1. The van der Waals surface area contributed by atoms with E-state index in [0.29, 0.717) is 39.4 Å². The second kappa shape index (κ2) is 13.3. The average Bonchev–Trinajstić information content (AvgIpc) is 2.96. The van der Waals surface area contributed by atoms with E-state index in [1.165, 1.54) is 36.8 Å². The van der Waals surface area contributed by atoms with Crippen LogP contribution in [0.4, 0.5) is 0 Å². The number of Topliss-reactive ketones (excluding diaryl/α,β-unsaturated/α-hetero) is 2. The minimum atomic E-state index is -1.04. The van der Waals surface area contributed by atoms with Gasteiger partial charge in [0.1, 0.15) is 5.75 Å². The summed E-state index contributed by atoms with van der Waals surface area (Å²) in [6, 6.07) is 11.7. The molecule has 1 atom stereocenters. The Morgan fingerprint density at radius 3 is 2.27 bits per heavy atom. The first kappa shape index (κ1) is 30.2. The van der Waals surface area contributed by atoms with Crippen molar-refractivity contribution in [1.82, 2.24) is 4.57 Å². The standard InChI is InChI=1S/C32H34ClNO7/c1-19(35)25-13-10-23(33)16-26(25)27-17-31(37)34(18-30(27)41-3)28(14-20-6-11-24(40-2)12-7-20)29(36)15-21-4-8-22(9-5-21)32(38)39/h4-5,8-10,13,16-18,20,24,28H,6-7,11-12,14-15H2,1-3H3,(H,38,39). The number of carboxylic acid groups (broad SMARTS) is 1. The molecule has 1 aliphatic rings. The van der Waals surface area contributed by atoms with Crippen LogP contribution in [0, 0.1) is 5.92 Å².